The van der Waals surface area contributed by atoms with Gasteiger partial charge in [0, 0.05) is 6.54 Å². The van der Waals surface area contributed by atoms with Gasteiger partial charge < -0.3 is 4.74 Å². The first-order chi connectivity index (χ1) is 14.9. The van der Waals surface area contributed by atoms with E-state index in [2.05, 4.69) is 6.58 Å². The number of rotatable bonds is 8. The van der Waals surface area contributed by atoms with Gasteiger partial charge in [-0.2, -0.15) is 4.67 Å². The molecule has 1 heterocycles. The molecule has 0 radical (unpaired) electrons. The SMILES string of the molecule is C=C1CN(P(=O)(OCC)OCC)[C@@H](c2ccccc2)[C@](C(=O)OC)(c2ccccc2)C1. The van der Waals surface area contributed by atoms with E-state index >= 15 is 0 Å². The monoisotopic (exact) mass is 443 g/mol. The zero-order chi connectivity index (χ0) is 22.5. The van der Waals surface area contributed by atoms with Crippen LogP contribution in [0.4, 0.5) is 0 Å². The van der Waals surface area contributed by atoms with Gasteiger partial charge in [-0.1, -0.05) is 72.8 Å². The fourth-order valence-corrected chi connectivity index (χ4v) is 6.44. The van der Waals surface area contributed by atoms with Crippen LogP contribution in [-0.2, 0) is 28.6 Å². The van der Waals surface area contributed by atoms with E-state index in [9.17, 15) is 9.36 Å². The largest absolute Gasteiger partial charge is 0.468 e. The maximum Gasteiger partial charge on any atom is 0.409 e. The number of esters is 1. The van der Waals surface area contributed by atoms with Crippen molar-refractivity contribution in [2.45, 2.75) is 31.7 Å². The van der Waals surface area contributed by atoms with E-state index in [4.69, 9.17) is 13.8 Å². The zero-order valence-electron chi connectivity index (χ0n) is 18.3. The number of piperidine rings is 1. The number of hydrogen-bond acceptors (Lipinski definition) is 5. The lowest BCUT2D eigenvalue weighted by Crippen LogP contribution is -2.53. The van der Waals surface area contributed by atoms with Gasteiger partial charge in [-0.25, -0.2) is 4.57 Å². The molecule has 1 aliphatic rings. The summed E-state index contributed by atoms with van der Waals surface area (Å²) in [6, 6.07) is 18.4. The molecule has 166 valence electrons. The van der Waals surface area contributed by atoms with Gasteiger partial charge in [0.1, 0.15) is 5.41 Å². The lowest BCUT2D eigenvalue weighted by Gasteiger charge is -2.50. The first-order valence-corrected chi connectivity index (χ1v) is 11.9. The van der Waals surface area contributed by atoms with Crippen molar-refractivity contribution in [1.29, 1.82) is 0 Å². The van der Waals surface area contributed by atoms with Crippen LogP contribution in [0.1, 0.15) is 37.4 Å². The van der Waals surface area contributed by atoms with E-state index in [1.807, 2.05) is 60.7 Å². The first kappa shape index (κ1) is 23.4. The molecule has 0 aromatic heterocycles. The van der Waals surface area contributed by atoms with E-state index in [0.29, 0.717) is 6.42 Å². The Morgan fingerprint density at radius 1 is 1.06 bits per heavy atom. The Morgan fingerprint density at radius 2 is 1.61 bits per heavy atom. The molecule has 1 fully saturated rings. The maximum absolute atomic E-state index is 14.0. The van der Waals surface area contributed by atoms with Crippen LogP contribution in [0.2, 0.25) is 0 Å². The van der Waals surface area contributed by atoms with Crippen LogP contribution < -0.4 is 0 Å². The molecule has 31 heavy (non-hydrogen) atoms. The smallest absolute Gasteiger partial charge is 0.409 e. The van der Waals surface area contributed by atoms with Gasteiger partial charge in [0.05, 0.1) is 26.4 Å². The Bertz CT molecular complexity index is 939. The van der Waals surface area contributed by atoms with Crippen LogP contribution in [0.15, 0.2) is 72.8 Å². The van der Waals surface area contributed by atoms with E-state index in [1.165, 1.54) is 7.11 Å². The average molecular weight is 443 g/mol. The van der Waals surface area contributed by atoms with Crippen LogP contribution in [0, 0.1) is 0 Å². The molecule has 7 heteroatoms. The van der Waals surface area contributed by atoms with E-state index in [-0.39, 0.29) is 19.8 Å². The topological polar surface area (TPSA) is 65.1 Å². The van der Waals surface area contributed by atoms with Crippen molar-refractivity contribution in [3.63, 3.8) is 0 Å². The van der Waals surface area contributed by atoms with E-state index < -0.39 is 25.2 Å². The highest BCUT2D eigenvalue weighted by molar-refractivity contribution is 7.51. The Morgan fingerprint density at radius 3 is 2.13 bits per heavy atom. The normalized spacial score (nSPS) is 22.3. The summed E-state index contributed by atoms with van der Waals surface area (Å²) in [6.07, 6.45) is 0.359. The summed E-state index contributed by atoms with van der Waals surface area (Å²) in [7, 11) is -2.36. The zero-order valence-corrected chi connectivity index (χ0v) is 19.2. The third kappa shape index (κ3) is 4.39. The van der Waals surface area contributed by atoms with Crippen molar-refractivity contribution in [1.82, 2.24) is 4.67 Å². The summed E-state index contributed by atoms with van der Waals surface area (Å²) in [6.45, 7) is 8.42. The molecule has 0 aliphatic carbocycles. The third-order valence-corrected chi connectivity index (χ3v) is 7.70. The van der Waals surface area contributed by atoms with Gasteiger partial charge in [-0.3, -0.25) is 13.8 Å². The second-order valence-electron chi connectivity index (χ2n) is 7.47. The molecule has 6 nitrogen and oxygen atoms in total. The van der Waals surface area contributed by atoms with Gasteiger partial charge in [-0.05, 0) is 31.4 Å². The van der Waals surface area contributed by atoms with Crippen molar-refractivity contribution < 1.29 is 23.1 Å². The summed E-state index contributed by atoms with van der Waals surface area (Å²) in [5.41, 5.74) is 1.17. The average Bonchev–Trinajstić information content (AvgIpc) is 2.79. The Hall–Kier alpha value is -2.24. The minimum atomic E-state index is -3.74. The van der Waals surface area contributed by atoms with Crippen molar-refractivity contribution in [2.75, 3.05) is 26.9 Å². The van der Waals surface area contributed by atoms with Gasteiger partial charge in [-0.15, -0.1) is 0 Å². The van der Waals surface area contributed by atoms with Gasteiger partial charge in [0.25, 0.3) is 0 Å². The fourth-order valence-electron chi connectivity index (χ4n) is 4.43. The van der Waals surface area contributed by atoms with Crippen molar-refractivity contribution in [2.24, 2.45) is 0 Å². The molecule has 0 saturated carbocycles. The highest BCUT2D eigenvalue weighted by Crippen LogP contribution is 2.63. The quantitative estimate of drug-likeness (QED) is 0.314. The van der Waals surface area contributed by atoms with E-state index in [0.717, 1.165) is 16.7 Å². The first-order valence-electron chi connectivity index (χ1n) is 10.4. The summed E-state index contributed by atoms with van der Waals surface area (Å²) < 4.78 is 32.5. The molecular weight excluding hydrogens is 413 g/mol. The minimum Gasteiger partial charge on any atom is -0.468 e. The molecule has 0 unspecified atom stereocenters. The summed E-state index contributed by atoms with van der Waals surface area (Å²) in [5, 5.41) is 0. The van der Waals surface area contributed by atoms with Gasteiger partial charge >= 0.3 is 13.7 Å². The highest BCUT2D eigenvalue weighted by Gasteiger charge is 2.58. The highest BCUT2D eigenvalue weighted by atomic mass is 31.2. The second kappa shape index (κ2) is 9.92. The Kier molecular flexibility index (Phi) is 7.50. The van der Waals surface area contributed by atoms with Crippen molar-refractivity contribution in [3.05, 3.63) is 83.9 Å². The molecule has 0 bridgehead atoms. The molecular formula is C24H30NO5P. The van der Waals surface area contributed by atoms with Crippen LogP contribution in [-0.4, -0.2) is 37.5 Å². The minimum absolute atomic E-state index is 0.207. The molecule has 1 saturated heterocycles. The van der Waals surface area contributed by atoms with Crippen molar-refractivity contribution in [3.8, 4) is 0 Å². The standard InChI is InChI=1S/C24H30NO5P/c1-5-29-31(27,30-6-2)25-18-19(3)17-24(23(26)28-4,21-15-11-8-12-16-21)22(25)20-13-9-7-10-14-20/h7-16,22H,3,5-6,17-18H2,1-2,4H3/t22-,24+/m0/s1. The summed E-state index contributed by atoms with van der Waals surface area (Å²) in [4.78, 5) is 13.5. The molecule has 3 rings (SSSR count). The number of carbonyl (C=O) groups is 1. The van der Waals surface area contributed by atoms with Gasteiger partial charge in [0.15, 0.2) is 0 Å². The molecule has 2 aromatic carbocycles. The molecule has 0 amide bonds. The van der Waals surface area contributed by atoms with Crippen LogP contribution in [0.5, 0.6) is 0 Å². The van der Waals surface area contributed by atoms with Crippen molar-refractivity contribution >= 4 is 13.7 Å². The third-order valence-electron chi connectivity index (χ3n) is 5.53. The Labute approximate surface area is 184 Å². The maximum atomic E-state index is 14.0. The Balaban J connectivity index is 2.33. The predicted octanol–water partition coefficient (Wildman–Crippen LogP) is 5.28. The molecule has 0 N–H and O–H groups in total. The molecule has 0 spiro atoms. The predicted molar refractivity (Wildman–Crippen MR) is 121 cm³/mol. The molecule has 1 aliphatic heterocycles. The molecule has 2 atom stereocenters. The number of ether oxygens (including phenoxy) is 1. The number of benzene rings is 2. The second-order valence-corrected chi connectivity index (χ2v) is 9.44. The van der Waals surface area contributed by atoms with E-state index in [1.54, 1.807) is 18.5 Å². The fraction of sp³-hybridized carbons (Fsp3) is 0.375. The number of hydrogen-bond donors (Lipinski definition) is 0. The van der Waals surface area contributed by atoms with Crippen LogP contribution >= 0.6 is 7.75 Å². The summed E-state index contributed by atoms with van der Waals surface area (Å²) in [5.74, 6) is -0.419. The number of nitrogens with zero attached hydrogens (tertiary/aromatic N) is 1. The van der Waals surface area contributed by atoms with Crippen LogP contribution in [0.25, 0.3) is 0 Å². The summed E-state index contributed by atoms with van der Waals surface area (Å²) >= 11 is 0. The number of methoxy groups -OCH3 is 1. The number of carbonyl (C=O) groups excluding carboxylic acids is 1. The van der Waals surface area contributed by atoms with Crippen LogP contribution in [0.3, 0.4) is 0 Å². The molecule has 2 aromatic rings. The van der Waals surface area contributed by atoms with Gasteiger partial charge in [0.2, 0.25) is 0 Å². The lowest BCUT2D eigenvalue weighted by molar-refractivity contribution is -0.151. The lowest BCUT2D eigenvalue weighted by atomic mass is 9.66.